The highest BCUT2D eigenvalue weighted by Crippen LogP contribution is 2.36. The van der Waals surface area contributed by atoms with Crippen LogP contribution in [0.4, 0.5) is 0 Å². The molecule has 22 heavy (non-hydrogen) atoms. The second-order valence-corrected chi connectivity index (χ2v) is 13.4. The van der Waals surface area contributed by atoms with Crippen molar-refractivity contribution in [3.8, 4) is 0 Å². The molecule has 0 aromatic carbocycles. The lowest BCUT2D eigenvalue weighted by Crippen LogP contribution is -2.39. The summed E-state index contributed by atoms with van der Waals surface area (Å²) in [4.78, 5) is 0. The summed E-state index contributed by atoms with van der Waals surface area (Å²) in [6.45, 7) is 20.0. The van der Waals surface area contributed by atoms with E-state index in [1.165, 1.54) is 0 Å². The van der Waals surface area contributed by atoms with Gasteiger partial charge in [-0.3, -0.25) is 0 Å². The lowest BCUT2D eigenvalue weighted by Gasteiger charge is -2.34. The average Bonchev–Trinajstić information content (AvgIpc) is 2.77. The molecule has 2 atom stereocenters. The molecule has 1 heterocycles. The van der Waals surface area contributed by atoms with Crippen molar-refractivity contribution in [2.75, 3.05) is 0 Å². The van der Waals surface area contributed by atoms with Gasteiger partial charge in [-0.1, -0.05) is 54.5 Å². The van der Waals surface area contributed by atoms with Crippen LogP contribution in [0.5, 0.6) is 0 Å². The zero-order valence-electron chi connectivity index (χ0n) is 16.0. The first-order chi connectivity index (χ1) is 9.95. The summed E-state index contributed by atoms with van der Waals surface area (Å²) in [6, 6.07) is 0. The Morgan fingerprint density at radius 3 is 1.86 bits per heavy atom. The van der Waals surface area contributed by atoms with E-state index in [4.69, 9.17) is 13.7 Å². The van der Waals surface area contributed by atoms with Crippen molar-refractivity contribution in [3.63, 3.8) is 0 Å². The molecular formula is C17H35BO3Si. The molecule has 1 aliphatic heterocycles. The van der Waals surface area contributed by atoms with Crippen molar-refractivity contribution < 1.29 is 13.7 Å². The summed E-state index contributed by atoms with van der Waals surface area (Å²) in [5.74, 6) is 0.953. The van der Waals surface area contributed by atoms with E-state index in [-0.39, 0.29) is 24.4 Å². The number of hydrogen-bond donors (Lipinski definition) is 0. The quantitative estimate of drug-likeness (QED) is 0.502. The Bertz CT molecular complexity index is 359. The second kappa shape index (κ2) is 7.54. The lowest BCUT2D eigenvalue weighted by atomic mass is 9.85. The van der Waals surface area contributed by atoms with Crippen LogP contribution >= 0.6 is 0 Å². The molecule has 0 saturated carbocycles. The van der Waals surface area contributed by atoms with Gasteiger partial charge in [-0.25, -0.2) is 0 Å². The summed E-state index contributed by atoms with van der Waals surface area (Å²) in [5.41, 5.74) is 0. The van der Waals surface area contributed by atoms with Crippen molar-refractivity contribution in [2.24, 2.45) is 11.8 Å². The van der Waals surface area contributed by atoms with Crippen LogP contribution in [0.1, 0.15) is 48.5 Å². The molecule has 0 aromatic rings. The standard InChI is InChI=1S/C17H35BO3Si/c1-13(2)15-16(14(3)4)21-18(20-15)11-10-12-19-22(8,9)17(5,6)7/h10,12-16H,11H2,1-9H3/b12-10+/t15-,16-/m0/s1. The fourth-order valence-corrected chi connectivity index (χ4v) is 3.07. The van der Waals surface area contributed by atoms with Crippen LogP contribution in [0.15, 0.2) is 12.3 Å². The van der Waals surface area contributed by atoms with Gasteiger partial charge in [0.1, 0.15) is 0 Å². The maximum atomic E-state index is 6.08. The molecule has 1 rings (SSSR count). The minimum Gasteiger partial charge on any atom is -0.549 e. The molecule has 0 aliphatic carbocycles. The number of hydrogen-bond acceptors (Lipinski definition) is 3. The van der Waals surface area contributed by atoms with Gasteiger partial charge < -0.3 is 13.7 Å². The summed E-state index contributed by atoms with van der Waals surface area (Å²) in [5, 5.41) is 0.225. The molecule has 0 bridgehead atoms. The first-order valence-electron chi connectivity index (χ1n) is 8.59. The van der Waals surface area contributed by atoms with E-state index in [1.54, 1.807) is 0 Å². The van der Waals surface area contributed by atoms with Gasteiger partial charge in [0.15, 0.2) is 0 Å². The summed E-state index contributed by atoms with van der Waals surface area (Å²) in [7, 11) is -1.85. The number of allylic oxidation sites excluding steroid dienone is 1. The summed E-state index contributed by atoms with van der Waals surface area (Å²) in [6.07, 6.45) is 5.04. The minimum absolute atomic E-state index is 0.140. The molecule has 0 spiro atoms. The maximum absolute atomic E-state index is 6.08. The molecule has 0 N–H and O–H groups in total. The highest BCUT2D eigenvalue weighted by Gasteiger charge is 2.42. The summed E-state index contributed by atoms with van der Waals surface area (Å²) >= 11 is 0. The van der Waals surface area contributed by atoms with Crippen molar-refractivity contribution in [3.05, 3.63) is 12.3 Å². The zero-order chi connectivity index (χ0) is 17.1. The first-order valence-corrected chi connectivity index (χ1v) is 11.5. The molecule has 0 unspecified atom stereocenters. The van der Waals surface area contributed by atoms with Gasteiger partial charge in [-0.15, -0.1) is 0 Å². The average molecular weight is 326 g/mol. The second-order valence-electron chi connectivity index (χ2n) is 8.60. The highest BCUT2D eigenvalue weighted by molar-refractivity contribution is 6.74. The fourth-order valence-electron chi connectivity index (χ4n) is 2.28. The Morgan fingerprint density at radius 1 is 1.05 bits per heavy atom. The Labute approximate surface area is 139 Å². The first kappa shape index (κ1) is 19.8. The van der Waals surface area contributed by atoms with E-state index >= 15 is 0 Å². The molecule has 0 aromatic heterocycles. The molecule has 1 saturated heterocycles. The van der Waals surface area contributed by atoms with Gasteiger partial charge in [0.2, 0.25) is 8.32 Å². The van der Waals surface area contributed by atoms with E-state index in [0.29, 0.717) is 11.8 Å². The van der Waals surface area contributed by atoms with Gasteiger partial charge in [0.25, 0.3) is 0 Å². The van der Waals surface area contributed by atoms with Gasteiger partial charge >= 0.3 is 7.12 Å². The smallest absolute Gasteiger partial charge is 0.461 e. The van der Waals surface area contributed by atoms with E-state index in [2.05, 4.69) is 61.6 Å². The topological polar surface area (TPSA) is 27.7 Å². The van der Waals surface area contributed by atoms with Crippen LogP contribution in [-0.2, 0) is 13.7 Å². The van der Waals surface area contributed by atoms with Gasteiger partial charge in [-0.2, -0.15) is 0 Å². The molecule has 128 valence electrons. The third kappa shape index (κ3) is 5.14. The van der Waals surface area contributed by atoms with Crippen molar-refractivity contribution in [2.45, 2.75) is 85.1 Å². The Kier molecular flexibility index (Phi) is 6.78. The molecular weight excluding hydrogens is 291 g/mol. The lowest BCUT2D eigenvalue weighted by molar-refractivity contribution is 0.0815. The van der Waals surface area contributed by atoms with Crippen LogP contribution < -0.4 is 0 Å². The Hall–Kier alpha value is -0.258. The van der Waals surface area contributed by atoms with Crippen LogP contribution in [0.3, 0.4) is 0 Å². The third-order valence-corrected chi connectivity index (χ3v) is 9.19. The molecule has 1 aliphatic rings. The molecule has 1 fully saturated rings. The molecule has 5 heteroatoms. The van der Waals surface area contributed by atoms with Crippen LogP contribution in [0.25, 0.3) is 0 Å². The van der Waals surface area contributed by atoms with Gasteiger partial charge in [0, 0.05) is 6.32 Å². The third-order valence-electron chi connectivity index (χ3n) is 4.85. The van der Waals surface area contributed by atoms with Gasteiger partial charge in [-0.05, 0) is 30.0 Å². The van der Waals surface area contributed by atoms with E-state index < -0.39 is 8.32 Å². The predicted octanol–water partition coefficient (Wildman–Crippen LogP) is 5.11. The predicted molar refractivity (Wildman–Crippen MR) is 97.4 cm³/mol. The Morgan fingerprint density at radius 2 is 1.50 bits per heavy atom. The molecule has 3 nitrogen and oxygen atoms in total. The molecule has 0 amide bonds. The SMILES string of the molecule is CC(C)[C@@H]1OB(C/C=C/O[Si](C)(C)C(C)(C)C)O[C@H]1C(C)C. The van der Waals surface area contributed by atoms with E-state index in [0.717, 1.165) is 6.32 Å². The monoisotopic (exact) mass is 326 g/mol. The zero-order valence-corrected chi connectivity index (χ0v) is 17.0. The van der Waals surface area contributed by atoms with Crippen molar-refractivity contribution >= 4 is 15.4 Å². The maximum Gasteiger partial charge on any atom is 0.461 e. The fraction of sp³-hybridized carbons (Fsp3) is 0.882. The van der Waals surface area contributed by atoms with Crippen molar-refractivity contribution in [1.82, 2.24) is 0 Å². The van der Waals surface area contributed by atoms with Gasteiger partial charge in [0.05, 0.1) is 18.5 Å². The highest BCUT2D eigenvalue weighted by atomic mass is 28.4. The number of rotatable bonds is 6. The summed E-state index contributed by atoms with van der Waals surface area (Å²) < 4.78 is 18.2. The van der Waals surface area contributed by atoms with E-state index in [1.807, 2.05) is 12.3 Å². The van der Waals surface area contributed by atoms with Crippen LogP contribution in [0.2, 0.25) is 24.5 Å². The van der Waals surface area contributed by atoms with E-state index in [9.17, 15) is 0 Å². The largest absolute Gasteiger partial charge is 0.549 e. The Balaban J connectivity index is 2.51. The van der Waals surface area contributed by atoms with Crippen LogP contribution in [0, 0.1) is 11.8 Å². The minimum atomic E-state index is -1.71. The normalized spacial score (nSPS) is 24.0. The van der Waals surface area contributed by atoms with Crippen LogP contribution in [-0.4, -0.2) is 27.6 Å². The van der Waals surface area contributed by atoms with Crippen molar-refractivity contribution in [1.29, 1.82) is 0 Å². The molecule has 0 radical (unpaired) electrons.